The third-order valence-corrected chi connectivity index (χ3v) is 3.21. The molecule has 0 amide bonds. The lowest BCUT2D eigenvalue weighted by Gasteiger charge is -2.42. The van der Waals surface area contributed by atoms with E-state index >= 15 is 0 Å². The van der Waals surface area contributed by atoms with E-state index in [4.69, 9.17) is 10.00 Å². The molecule has 0 N–H and O–H groups in total. The van der Waals surface area contributed by atoms with Crippen LogP contribution in [0.1, 0.15) is 26.3 Å². The standard InChI is InChI=1S/C14H17N3O3/c1-10-8-16(9-14(2,3)20-10)13-6-11(7-15)4-5-12(13)17(18)19/h4-6,10H,8-9H2,1-3H3. The molecule has 1 heterocycles. The lowest BCUT2D eigenvalue weighted by atomic mass is 10.0. The van der Waals surface area contributed by atoms with Crippen LogP contribution in [-0.2, 0) is 4.74 Å². The molecule has 106 valence electrons. The molecule has 6 nitrogen and oxygen atoms in total. The lowest BCUT2D eigenvalue weighted by molar-refractivity contribution is -0.384. The minimum Gasteiger partial charge on any atom is -0.369 e. The van der Waals surface area contributed by atoms with E-state index in [1.165, 1.54) is 12.1 Å². The van der Waals surface area contributed by atoms with E-state index in [-0.39, 0.29) is 17.4 Å². The summed E-state index contributed by atoms with van der Waals surface area (Å²) in [5.74, 6) is 0. The molecule has 0 saturated carbocycles. The van der Waals surface area contributed by atoms with Crippen LogP contribution in [0.25, 0.3) is 0 Å². The van der Waals surface area contributed by atoms with Gasteiger partial charge in [0.15, 0.2) is 0 Å². The normalized spacial score (nSPS) is 21.3. The Hall–Kier alpha value is -2.13. The molecule has 1 aromatic carbocycles. The zero-order chi connectivity index (χ0) is 14.9. The van der Waals surface area contributed by atoms with E-state index in [0.29, 0.717) is 24.3 Å². The van der Waals surface area contributed by atoms with Gasteiger partial charge in [0.1, 0.15) is 5.69 Å². The fourth-order valence-corrected chi connectivity index (χ4v) is 2.64. The van der Waals surface area contributed by atoms with Gasteiger partial charge in [-0.2, -0.15) is 5.26 Å². The van der Waals surface area contributed by atoms with Crippen molar-refractivity contribution in [3.05, 3.63) is 33.9 Å². The third-order valence-electron chi connectivity index (χ3n) is 3.21. The fraction of sp³-hybridized carbons (Fsp3) is 0.500. The van der Waals surface area contributed by atoms with Gasteiger partial charge in [0.05, 0.1) is 28.3 Å². The molecule has 1 aliphatic rings. The van der Waals surface area contributed by atoms with Crippen LogP contribution in [0.5, 0.6) is 0 Å². The van der Waals surface area contributed by atoms with Crippen LogP contribution < -0.4 is 4.90 Å². The van der Waals surface area contributed by atoms with Crippen molar-refractivity contribution < 1.29 is 9.66 Å². The highest BCUT2D eigenvalue weighted by atomic mass is 16.6. The highest BCUT2D eigenvalue weighted by Crippen LogP contribution is 2.33. The molecule has 20 heavy (non-hydrogen) atoms. The largest absolute Gasteiger partial charge is 0.369 e. The van der Waals surface area contributed by atoms with Crippen molar-refractivity contribution in [1.29, 1.82) is 5.26 Å². The van der Waals surface area contributed by atoms with Gasteiger partial charge < -0.3 is 9.64 Å². The van der Waals surface area contributed by atoms with Crippen LogP contribution >= 0.6 is 0 Å². The highest BCUT2D eigenvalue weighted by Gasteiger charge is 2.34. The summed E-state index contributed by atoms with van der Waals surface area (Å²) in [6.07, 6.45) is -0.0240. The summed E-state index contributed by atoms with van der Waals surface area (Å²) in [7, 11) is 0. The SMILES string of the molecule is CC1CN(c2cc(C#N)ccc2[N+](=O)[O-])CC(C)(C)O1. The van der Waals surface area contributed by atoms with Crippen molar-refractivity contribution in [1.82, 2.24) is 0 Å². The van der Waals surface area contributed by atoms with E-state index in [2.05, 4.69) is 0 Å². The van der Waals surface area contributed by atoms with E-state index in [9.17, 15) is 10.1 Å². The van der Waals surface area contributed by atoms with Crippen LogP contribution in [-0.4, -0.2) is 29.7 Å². The Morgan fingerprint density at radius 2 is 2.25 bits per heavy atom. The molecule has 1 saturated heterocycles. The van der Waals surface area contributed by atoms with Gasteiger partial charge in [-0.3, -0.25) is 10.1 Å². The van der Waals surface area contributed by atoms with Gasteiger partial charge in [0, 0.05) is 19.2 Å². The van der Waals surface area contributed by atoms with Crippen molar-refractivity contribution in [2.45, 2.75) is 32.5 Å². The number of nitrogens with zero attached hydrogens (tertiary/aromatic N) is 3. The minimum atomic E-state index is -0.413. The molecule has 0 spiro atoms. The predicted octanol–water partition coefficient (Wildman–Crippen LogP) is 2.47. The van der Waals surface area contributed by atoms with Gasteiger partial charge >= 0.3 is 0 Å². The molecule has 1 aliphatic heterocycles. The molecule has 1 aromatic rings. The van der Waals surface area contributed by atoms with E-state index in [1.54, 1.807) is 6.07 Å². The van der Waals surface area contributed by atoms with Crippen LogP contribution in [0.4, 0.5) is 11.4 Å². The average molecular weight is 275 g/mol. The smallest absolute Gasteiger partial charge is 0.292 e. The molecule has 2 rings (SSSR count). The van der Waals surface area contributed by atoms with Gasteiger partial charge in [-0.05, 0) is 32.9 Å². The first-order chi connectivity index (χ1) is 9.32. The van der Waals surface area contributed by atoms with Crippen molar-refractivity contribution in [2.75, 3.05) is 18.0 Å². The summed E-state index contributed by atoms with van der Waals surface area (Å²) in [4.78, 5) is 12.7. The molecule has 0 aliphatic carbocycles. The average Bonchev–Trinajstić information content (AvgIpc) is 2.35. The molecular weight excluding hydrogens is 258 g/mol. The maximum atomic E-state index is 11.2. The summed E-state index contributed by atoms with van der Waals surface area (Å²) < 4.78 is 5.81. The molecular formula is C14H17N3O3. The molecule has 1 fully saturated rings. The summed E-state index contributed by atoms with van der Waals surface area (Å²) in [6.45, 7) is 6.96. The number of rotatable bonds is 2. The predicted molar refractivity (Wildman–Crippen MR) is 74.7 cm³/mol. The fourth-order valence-electron chi connectivity index (χ4n) is 2.64. The van der Waals surface area contributed by atoms with Crippen molar-refractivity contribution in [3.63, 3.8) is 0 Å². The molecule has 1 atom stereocenters. The second-order valence-electron chi connectivity index (χ2n) is 5.64. The number of hydrogen-bond acceptors (Lipinski definition) is 5. The first-order valence-corrected chi connectivity index (χ1v) is 6.44. The highest BCUT2D eigenvalue weighted by molar-refractivity contribution is 5.66. The van der Waals surface area contributed by atoms with Crippen LogP contribution in [0.2, 0.25) is 0 Å². The number of ether oxygens (including phenoxy) is 1. The molecule has 6 heteroatoms. The Balaban J connectivity index is 2.45. The molecule has 0 radical (unpaired) electrons. The quantitative estimate of drug-likeness (QED) is 0.612. The van der Waals surface area contributed by atoms with Crippen LogP contribution in [0, 0.1) is 21.4 Å². The molecule has 0 aromatic heterocycles. The number of benzene rings is 1. The van der Waals surface area contributed by atoms with Gasteiger partial charge in [-0.15, -0.1) is 0 Å². The Morgan fingerprint density at radius 1 is 1.55 bits per heavy atom. The summed E-state index contributed by atoms with van der Waals surface area (Å²) in [6, 6.07) is 6.46. The molecule has 1 unspecified atom stereocenters. The topological polar surface area (TPSA) is 79.4 Å². The van der Waals surface area contributed by atoms with Gasteiger partial charge in [0.25, 0.3) is 5.69 Å². The minimum absolute atomic E-state index is 0.0221. The van der Waals surface area contributed by atoms with Gasteiger partial charge in [-0.1, -0.05) is 0 Å². The first-order valence-electron chi connectivity index (χ1n) is 6.44. The van der Waals surface area contributed by atoms with Gasteiger partial charge in [-0.25, -0.2) is 0 Å². The summed E-state index contributed by atoms with van der Waals surface area (Å²) >= 11 is 0. The number of nitro benzene ring substituents is 1. The second kappa shape index (κ2) is 5.10. The lowest BCUT2D eigenvalue weighted by Crippen LogP contribution is -2.52. The van der Waals surface area contributed by atoms with Crippen LogP contribution in [0.3, 0.4) is 0 Å². The monoisotopic (exact) mass is 275 g/mol. The maximum Gasteiger partial charge on any atom is 0.292 e. The van der Waals surface area contributed by atoms with E-state index < -0.39 is 4.92 Å². The third kappa shape index (κ3) is 2.89. The Kier molecular flexibility index (Phi) is 3.64. The zero-order valence-electron chi connectivity index (χ0n) is 11.8. The Bertz CT molecular complexity index is 578. The Morgan fingerprint density at radius 3 is 2.80 bits per heavy atom. The van der Waals surface area contributed by atoms with Crippen molar-refractivity contribution >= 4 is 11.4 Å². The van der Waals surface area contributed by atoms with Crippen molar-refractivity contribution in [3.8, 4) is 6.07 Å². The van der Waals surface area contributed by atoms with E-state index in [0.717, 1.165) is 0 Å². The number of morpholine rings is 1. The second-order valence-corrected chi connectivity index (χ2v) is 5.64. The Labute approximate surface area is 117 Å². The summed E-state index contributed by atoms with van der Waals surface area (Å²) in [5.41, 5.74) is 0.544. The van der Waals surface area contributed by atoms with Crippen LogP contribution in [0.15, 0.2) is 18.2 Å². The van der Waals surface area contributed by atoms with Crippen molar-refractivity contribution in [2.24, 2.45) is 0 Å². The maximum absolute atomic E-state index is 11.2. The number of nitriles is 1. The van der Waals surface area contributed by atoms with Gasteiger partial charge in [0.2, 0.25) is 0 Å². The molecule has 0 bridgehead atoms. The van der Waals surface area contributed by atoms with E-state index in [1.807, 2.05) is 31.7 Å². The first kappa shape index (κ1) is 14.3. The number of nitro groups is 1. The number of anilines is 1. The summed E-state index contributed by atoms with van der Waals surface area (Å²) in [5, 5.41) is 20.2. The zero-order valence-corrected chi connectivity index (χ0v) is 11.8. The number of hydrogen-bond donors (Lipinski definition) is 0.